The van der Waals surface area contributed by atoms with Crippen LogP contribution in [0, 0.1) is 18.7 Å². The van der Waals surface area contributed by atoms with E-state index in [1.54, 1.807) is 27.0 Å². The number of methoxy groups -OCH3 is 1. The van der Waals surface area contributed by atoms with Crippen LogP contribution in [0.3, 0.4) is 0 Å². The summed E-state index contributed by atoms with van der Waals surface area (Å²) in [7, 11) is 3.73. The summed E-state index contributed by atoms with van der Waals surface area (Å²) >= 11 is 0. The van der Waals surface area contributed by atoms with E-state index in [2.05, 4.69) is 46.0 Å². The molecule has 0 saturated carbocycles. The number of anilines is 1. The van der Waals surface area contributed by atoms with Gasteiger partial charge in [-0.05, 0) is 98.6 Å². The van der Waals surface area contributed by atoms with Crippen LogP contribution in [-0.2, 0) is 5.92 Å². The molecular weight excluding hydrogens is 541 g/mol. The summed E-state index contributed by atoms with van der Waals surface area (Å²) in [5.74, 6) is -3.20. The molecule has 228 valence electrons. The summed E-state index contributed by atoms with van der Waals surface area (Å²) in [6, 6.07) is 6.02. The minimum absolute atomic E-state index is 0.174. The number of nitrogens with zero attached hydrogens (tertiary/aromatic N) is 5. The zero-order valence-electron chi connectivity index (χ0n) is 25.6. The fourth-order valence-corrected chi connectivity index (χ4v) is 6.47. The highest BCUT2D eigenvalue weighted by atomic mass is 19.3. The van der Waals surface area contributed by atoms with E-state index in [-0.39, 0.29) is 11.5 Å². The summed E-state index contributed by atoms with van der Waals surface area (Å²) in [6.07, 6.45) is 2.64. The number of likely N-dealkylation sites (tertiary alicyclic amines) is 2. The van der Waals surface area contributed by atoms with Gasteiger partial charge in [0.2, 0.25) is 5.88 Å². The molecule has 0 radical (unpaired) electrons. The van der Waals surface area contributed by atoms with Crippen molar-refractivity contribution in [3.63, 3.8) is 0 Å². The van der Waals surface area contributed by atoms with Gasteiger partial charge in [0.05, 0.1) is 24.1 Å². The number of hydrogen-bond donors (Lipinski definition) is 1. The van der Waals surface area contributed by atoms with E-state index in [0.29, 0.717) is 60.5 Å². The summed E-state index contributed by atoms with van der Waals surface area (Å²) < 4.78 is 53.1. The smallest absolute Gasteiger partial charge is 0.278 e. The third kappa shape index (κ3) is 6.06. The monoisotopic (exact) mass is 584 g/mol. The standard InChI is InChI=1S/C32H43F3N6O/c1-19(2)41-16-12-23(13-17-41)32(34,35)27-9-7-8-24(28(27)33)20(3)36-29-26-18-25(22-10-14-40(5)15-11-22)31(42-6)39-30(26)38-21(4)37-29/h7-9,18-20,22-23H,10-17H2,1-6H3,(H,36,37,38,39)/t20-/m1/s1. The lowest BCUT2D eigenvalue weighted by molar-refractivity contribution is -0.0900. The van der Waals surface area contributed by atoms with Gasteiger partial charge in [-0.15, -0.1) is 0 Å². The fourth-order valence-electron chi connectivity index (χ4n) is 6.47. The molecule has 10 heteroatoms. The van der Waals surface area contributed by atoms with Crippen molar-refractivity contribution in [3.8, 4) is 5.88 Å². The van der Waals surface area contributed by atoms with E-state index in [1.165, 1.54) is 12.1 Å². The Hall–Kier alpha value is -2.98. The van der Waals surface area contributed by atoms with Gasteiger partial charge in [0.25, 0.3) is 5.92 Å². The number of rotatable bonds is 8. The van der Waals surface area contributed by atoms with E-state index in [9.17, 15) is 0 Å². The molecule has 2 aliphatic rings. The lowest BCUT2D eigenvalue weighted by Gasteiger charge is -2.38. The number of alkyl halides is 2. The van der Waals surface area contributed by atoms with Crippen molar-refractivity contribution in [2.24, 2.45) is 5.92 Å². The number of benzene rings is 1. The molecule has 1 atom stereocenters. The molecule has 0 aliphatic carbocycles. The molecule has 0 bridgehead atoms. The van der Waals surface area contributed by atoms with E-state index in [0.717, 1.165) is 31.5 Å². The highest BCUT2D eigenvalue weighted by molar-refractivity contribution is 5.88. The third-order valence-electron chi connectivity index (χ3n) is 9.12. The molecule has 3 aromatic rings. The largest absolute Gasteiger partial charge is 0.481 e. The molecule has 2 fully saturated rings. The molecule has 5 rings (SSSR count). The van der Waals surface area contributed by atoms with Gasteiger partial charge < -0.3 is 19.9 Å². The highest BCUT2D eigenvalue weighted by Crippen LogP contribution is 2.44. The molecule has 0 amide bonds. The van der Waals surface area contributed by atoms with Crippen molar-refractivity contribution in [1.29, 1.82) is 0 Å². The summed E-state index contributed by atoms with van der Waals surface area (Å²) in [4.78, 5) is 18.4. The van der Waals surface area contributed by atoms with Gasteiger partial charge in [0, 0.05) is 23.1 Å². The first-order valence-electron chi connectivity index (χ1n) is 15.1. The van der Waals surface area contributed by atoms with Gasteiger partial charge in [0.15, 0.2) is 5.65 Å². The molecule has 42 heavy (non-hydrogen) atoms. The van der Waals surface area contributed by atoms with Crippen LogP contribution in [0.2, 0.25) is 0 Å². The number of hydrogen-bond acceptors (Lipinski definition) is 7. The van der Waals surface area contributed by atoms with Crippen LogP contribution < -0.4 is 10.1 Å². The minimum Gasteiger partial charge on any atom is -0.481 e. The maximum atomic E-state index is 15.9. The van der Waals surface area contributed by atoms with Crippen LogP contribution in [0.15, 0.2) is 24.3 Å². The molecule has 2 aliphatic heterocycles. The van der Waals surface area contributed by atoms with Crippen molar-refractivity contribution in [2.75, 3.05) is 45.7 Å². The Bertz CT molecular complexity index is 1400. The second-order valence-corrected chi connectivity index (χ2v) is 12.3. The average Bonchev–Trinajstić information content (AvgIpc) is 2.97. The van der Waals surface area contributed by atoms with E-state index >= 15 is 13.2 Å². The number of nitrogens with one attached hydrogen (secondary N) is 1. The zero-order valence-corrected chi connectivity index (χ0v) is 25.6. The number of fused-ring (bicyclic) bond motifs is 1. The molecule has 7 nitrogen and oxygen atoms in total. The van der Waals surface area contributed by atoms with Gasteiger partial charge >= 0.3 is 0 Å². The second-order valence-electron chi connectivity index (χ2n) is 12.3. The third-order valence-corrected chi connectivity index (χ3v) is 9.12. The van der Waals surface area contributed by atoms with Crippen LogP contribution in [0.5, 0.6) is 5.88 Å². The number of aromatic nitrogens is 3. The minimum atomic E-state index is -3.26. The second kappa shape index (κ2) is 12.3. The van der Waals surface area contributed by atoms with Gasteiger partial charge in [-0.1, -0.05) is 18.2 Å². The first kappa shape index (κ1) is 30.5. The molecule has 2 saturated heterocycles. The normalized spacial score (nSPS) is 19.0. The molecular formula is C32H43F3N6O. The maximum absolute atomic E-state index is 15.9. The Morgan fingerprint density at radius 3 is 2.33 bits per heavy atom. The van der Waals surface area contributed by atoms with E-state index in [1.807, 2.05) is 6.07 Å². The molecule has 0 spiro atoms. The Labute approximate surface area is 246 Å². The van der Waals surface area contributed by atoms with Crippen LogP contribution in [0.25, 0.3) is 11.0 Å². The number of piperidine rings is 2. The number of ether oxygens (including phenoxy) is 1. The van der Waals surface area contributed by atoms with Crippen molar-refractivity contribution in [2.45, 2.75) is 77.3 Å². The first-order chi connectivity index (χ1) is 20.0. The van der Waals surface area contributed by atoms with Crippen LogP contribution in [-0.4, -0.2) is 71.1 Å². The lowest BCUT2D eigenvalue weighted by atomic mass is 9.85. The molecule has 2 aromatic heterocycles. The SMILES string of the molecule is COc1nc2nc(C)nc(N[C@H](C)c3cccc(C(F)(F)C4CCN(C(C)C)CC4)c3F)c2cc1C1CCN(C)CC1. The lowest BCUT2D eigenvalue weighted by Crippen LogP contribution is -2.42. The zero-order chi connectivity index (χ0) is 30.2. The van der Waals surface area contributed by atoms with E-state index in [4.69, 9.17) is 9.72 Å². The number of aryl methyl sites for hydroxylation is 1. The van der Waals surface area contributed by atoms with Crippen molar-refractivity contribution < 1.29 is 17.9 Å². The van der Waals surface area contributed by atoms with Crippen LogP contribution in [0.1, 0.15) is 80.9 Å². The molecule has 4 heterocycles. The van der Waals surface area contributed by atoms with Crippen molar-refractivity contribution >= 4 is 16.9 Å². The summed E-state index contributed by atoms with van der Waals surface area (Å²) in [5, 5.41) is 4.00. The number of pyridine rings is 1. The quantitative estimate of drug-likeness (QED) is 0.317. The number of halogens is 3. The maximum Gasteiger partial charge on any atom is 0.278 e. The Morgan fingerprint density at radius 1 is 1.00 bits per heavy atom. The van der Waals surface area contributed by atoms with Gasteiger partial charge in [-0.3, -0.25) is 0 Å². The van der Waals surface area contributed by atoms with Gasteiger partial charge in [0.1, 0.15) is 17.5 Å². The van der Waals surface area contributed by atoms with Crippen LogP contribution >= 0.6 is 0 Å². The van der Waals surface area contributed by atoms with Crippen molar-refractivity contribution in [3.05, 3.63) is 52.6 Å². The Kier molecular flexibility index (Phi) is 8.94. The molecule has 1 N–H and O–H groups in total. The van der Waals surface area contributed by atoms with Crippen LogP contribution in [0.4, 0.5) is 19.0 Å². The Balaban J connectivity index is 1.44. The first-order valence-corrected chi connectivity index (χ1v) is 15.1. The predicted molar refractivity (Wildman–Crippen MR) is 160 cm³/mol. The summed E-state index contributed by atoms with van der Waals surface area (Å²) in [5.41, 5.74) is 1.11. The highest BCUT2D eigenvalue weighted by Gasteiger charge is 2.45. The summed E-state index contributed by atoms with van der Waals surface area (Å²) in [6.45, 7) is 10.8. The topological polar surface area (TPSA) is 66.4 Å². The fraction of sp³-hybridized carbons (Fsp3) is 0.594. The van der Waals surface area contributed by atoms with E-state index < -0.39 is 29.3 Å². The molecule has 1 aromatic carbocycles. The van der Waals surface area contributed by atoms with Gasteiger partial charge in [-0.25, -0.2) is 23.1 Å². The average molecular weight is 585 g/mol. The predicted octanol–water partition coefficient (Wildman–Crippen LogP) is 6.68. The van der Waals surface area contributed by atoms with Gasteiger partial charge in [-0.2, -0.15) is 4.98 Å². The van der Waals surface area contributed by atoms with Crippen molar-refractivity contribution in [1.82, 2.24) is 24.8 Å². The molecule has 0 unspecified atom stereocenters. The Morgan fingerprint density at radius 2 is 1.69 bits per heavy atom.